The Morgan fingerprint density at radius 1 is 1.29 bits per heavy atom. The Kier molecular flexibility index (Phi) is 2.85. The summed E-state index contributed by atoms with van der Waals surface area (Å²) in [5, 5.41) is -0.0527. The summed E-state index contributed by atoms with van der Waals surface area (Å²) in [6, 6.07) is 4.07. The summed E-state index contributed by atoms with van der Waals surface area (Å²) in [6.45, 7) is 1.90. The molecule has 2 aromatic rings. The quantitative estimate of drug-likeness (QED) is 0.852. The van der Waals surface area contributed by atoms with E-state index in [9.17, 15) is 4.39 Å². The van der Waals surface area contributed by atoms with Crippen molar-refractivity contribution in [1.29, 1.82) is 0 Å². The van der Waals surface area contributed by atoms with Gasteiger partial charge < -0.3 is 9.47 Å². The first-order valence-corrected chi connectivity index (χ1v) is 7.64. The van der Waals surface area contributed by atoms with Crippen LogP contribution in [0.1, 0.15) is 29.3 Å². The first-order chi connectivity index (χ1) is 10.1. The van der Waals surface area contributed by atoms with E-state index in [1.165, 1.54) is 12.8 Å². The van der Waals surface area contributed by atoms with Crippen LogP contribution in [0.15, 0.2) is 36.9 Å². The Hall–Kier alpha value is -1.75. The van der Waals surface area contributed by atoms with E-state index in [-0.39, 0.29) is 11.1 Å². The van der Waals surface area contributed by atoms with Gasteiger partial charge in [0.05, 0.1) is 17.7 Å². The van der Waals surface area contributed by atoms with Crippen LogP contribution >= 0.6 is 12.6 Å². The number of hydrogen-bond acceptors (Lipinski definition) is 3. The SMILES string of the molecule is Cc1cn(-c2cc3c(cc2F)C(S)C=CN3C2CC2)cn1. The molecule has 1 aliphatic heterocycles. The number of aromatic nitrogens is 2. The number of benzene rings is 1. The van der Waals surface area contributed by atoms with E-state index < -0.39 is 0 Å². The average molecular weight is 301 g/mol. The summed E-state index contributed by atoms with van der Waals surface area (Å²) in [7, 11) is 0. The Morgan fingerprint density at radius 2 is 2.10 bits per heavy atom. The minimum absolute atomic E-state index is 0.0527. The molecule has 5 heteroatoms. The third-order valence-electron chi connectivity index (χ3n) is 4.05. The minimum Gasteiger partial charge on any atom is -0.345 e. The standard InChI is InChI=1S/C16H16FN3S/c1-10-8-19(9-18-10)15-7-14-12(6-13(15)17)16(21)4-5-20(14)11-2-3-11/h4-9,11,16,21H,2-3H2,1H3. The molecule has 0 N–H and O–H groups in total. The molecule has 1 aliphatic carbocycles. The maximum atomic E-state index is 14.5. The van der Waals surface area contributed by atoms with Gasteiger partial charge in [0.15, 0.2) is 0 Å². The molecule has 1 saturated carbocycles. The number of thiol groups is 1. The van der Waals surface area contributed by atoms with E-state index >= 15 is 0 Å². The predicted octanol–water partition coefficient (Wildman–Crippen LogP) is 3.79. The maximum Gasteiger partial charge on any atom is 0.147 e. The third kappa shape index (κ3) is 2.16. The van der Waals surface area contributed by atoms with Gasteiger partial charge in [0.2, 0.25) is 0 Å². The molecule has 4 rings (SSSR count). The van der Waals surface area contributed by atoms with Crippen LogP contribution in [0.4, 0.5) is 10.1 Å². The van der Waals surface area contributed by atoms with E-state index in [0.29, 0.717) is 11.7 Å². The monoisotopic (exact) mass is 301 g/mol. The van der Waals surface area contributed by atoms with Gasteiger partial charge in [-0.2, -0.15) is 12.6 Å². The molecule has 1 aromatic carbocycles. The second-order valence-electron chi connectivity index (χ2n) is 5.71. The first kappa shape index (κ1) is 13.0. The molecule has 0 spiro atoms. The van der Waals surface area contributed by atoms with Crippen LogP contribution in [-0.2, 0) is 0 Å². The summed E-state index contributed by atoms with van der Waals surface area (Å²) in [5.41, 5.74) is 3.41. The molecule has 3 nitrogen and oxygen atoms in total. The van der Waals surface area contributed by atoms with E-state index in [4.69, 9.17) is 0 Å². The summed E-state index contributed by atoms with van der Waals surface area (Å²) >= 11 is 4.54. The summed E-state index contributed by atoms with van der Waals surface area (Å²) in [5.74, 6) is -0.240. The molecule has 2 heterocycles. The van der Waals surface area contributed by atoms with E-state index in [1.807, 2.05) is 25.3 Å². The van der Waals surface area contributed by atoms with Crippen molar-refractivity contribution in [3.05, 3.63) is 54.0 Å². The number of anilines is 1. The van der Waals surface area contributed by atoms with Crippen molar-refractivity contribution in [2.75, 3.05) is 4.90 Å². The van der Waals surface area contributed by atoms with Crippen LogP contribution in [-0.4, -0.2) is 15.6 Å². The molecular formula is C16H16FN3S. The van der Waals surface area contributed by atoms with Crippen molar-refractivity contribution in [2.45, 2.75) is 31.1 Å². The lowest BCUT2D eigenvalue weighted by Crippen LogP contribution is -2.23. The molecule has 0 bridgehead atoms. The zero-order valence-corrected chi connectivity index (χ0v) is 12.6. The van der Waals surface area contributed by atoms with Gasteiger partial charge in [-0.25, -0.2) is 9.37 Å². The highest BCUT2D eigenvalue weighted by atomic mass is 32.1. The highest BCUT2D eigenvalue weighted by Gasteiger charge is 2.32. The van der Waals surface area contributed by atoms with E-state index in [0.717, 1.165) is 16.9 Å². The number of rotatable bonds is 2. The maximum absolute atomic E-state index is 14.5. The normalized spacial score (nSPS) is 20.7. The topological polar surface area (TPSA) is 21.1 Å². The number of halogens is 1. The highest BCUT2D eigenvalue weighted by molar-refractivity contribution is 7.80. The van der Waals surface area contributed by atoms with Gasteiger partial charge in [-0.1, -0.05) is 6.08 Å². The fourth-order valence-electron chi connectivity index (χ4n) is 2.81. The van der Waals surface area contributed by atoms with Crippen molar-refractivity contribution in [1.82, 2.24) is 9.55 Å². The minimum atomic E-state index is -0.240. The van der Waals surface area contributed by atoms with Crippen LogP contribution < -0.4 is 4.90 Å². The molecule has 0 radical (unpaired) electrons. The lowest BCUT2D eigenvalue weighted by atomic mass is 10.0. The van der Waals surface area contributed by atoms with Crippen molar-refractivity contribution < 1.29 is 4.39 Å². The number of aryl methyl sites for hydroxylation is 1. The zero-order valence-electron chi connectivity index (χ0n) is 11.7. The molecule has 21 heavy (non-hydrogen) atoms. The smallest absolute Gasteiger partial charge is 0.147 e. The lowest BCUT2D eigenvalue weighted by molar-refractivity contribution is 0.615. The van der Waals surface area contributed by atoms with Crippen molar-refractivity contribution in [3.63, 3.8) is 0 Å². The first-order valence-electron chi connectivity index (χ1n) is 7.12. The van der Waals surface area contributed by atoms with Crippen LogP contribution in [0.2, 0.25) is 0 Å². The molecule has 108 valence electrons. The summed E-state index contributed by atoms with van der Waals surface area (Å²) in [6.07, 6.45) is 9.97. The highest BCUT2D eigenvalue weighted by Crippen LogP contribution is 2.42. The van der Waals surface area contributed by atoms with Gasteiger partial charge in [0.25, 0.3) is 0 Å². The molecule has 0 saturated heterocycles. The van der Waals surface area contributed by atoms with Crippen LogP contribution in [0.3, 0.4) is 0 Å². The largest absolute Gasteiger partial charge is 0.345 e. The van der Waals surface area contributed by atoms with Gasteiger partial charge in [-0.05, 0) is 37.5 Å². The van der Waals surface area contributed by atoms with E-state index in [2.05, 4.69) is 28.7 Å². The number of nitrogens with zero attached hydrogens (tertiary/aromatic N) is 3. The second kappa shape index (κ2) is 4.63. The van der Waals surface area contributed by atoms with E-state index in [1.54, 1.807) is 17.0 Å². The molecule has 1 aromatic heterocycles. The third-order valence-corrected chi connectivity index (χ3v) is 4.50. The van der Waals surface area contributed by atoms with Crippen LogP contribution in [0.5, 0.6) is 0 Å². The fraction of sp³-hybridized carbons (Fsp3) is 0.312. The molecule has 1 atom stereocenters. The summed E-state index contributed by atoms with van der Waals surface area (Å²) < 4.78 is 16.2. The van der Waals surface area contributed by atoms with Gasteiger partial charge in [-0.3, -0.25) is 0 Å². The van der Waals surface area contributed by atoms with Crippen LogP contribution in [0.25, 0.3) is 5.69 Å². The van der Waals surface area contributed by atoms with Crippen molar-refractivity contribution in [3.8, 4) is 5.69 Å². The molecule has 2 aliphatic rings. The molecule has 1 unspecified atom stereocenters. The Labute approximate surface area is 128 Å². The van der Waals surface area contributed by atoms with Crippen LogP contribution in [0, 0.1) is 12.7 Å². The van der Waals surface area contributed by atoms with Gasteiger partial charge in [0, 0.05) is 29.4 Å². The molecule has 0 amide bonds. The van der Waals surface area contributed by atoms with Gasteiger partial charge >= 0.3 is 0 Å². The fourth-order valence-corrected chi connectivity index (χ4v) is 3.09. The summed E-state index contributed by atoms with van der Waals surface area (Å²) in [4.78, 5) is 6.43. The van der Waals surface area contributed by atoms with Gasteiger partial charge in [-0.15, -0.1) is 0 Å². The Bertz CT molecular complexity index is 733. The molecular weight excluding hydrogens is 285 g/mol. The lowest BCUT2D eigenvalue weighted by Gasteiger charge is -2.30. The Balaban J connectivity index is 1.86. The number of hydrogen-bond donors (Lipinski definition) is 1. The number of imidazole rings is 1. The molecule has 1 fully saturated rings. The predicted molar refractivity (Wildman–Crippen MR) is 84.6 cm³/mol. The second-order valence-corrected chi connectivity index (χ2v) is 6.27. The van der Waals surface area contributed by atoms with Crippen molar-refractivity contribution in [2.24, 2.45) is 0 Å². The Morgan fingerprint density at radius 3 is 2.76 bits per heavy atom. The van der Waals surface area contributed by atoms with Gasteiger partial charge in [0.1, 0.15) is 5.82 Å². The van der Waals surface area contributed by atoms with Crippen molar-refractivity contribution >= 4 is 18.3 Å². The number of fused-ring (bicyclic) bond motifs is 1. The zero-order chi connectivity index (χ0) is 14.6. The average Bonchev–Trinajstić information content (AvgIpc) is 3.21.